The average Bonchev–Trinajstić information content (AvgIpc) is 2.03. The number of allylic oxidation sites excluding steroid dienone is 2. The first-order valence-corrected chi connectivity index (χ1v) is 9.30. The van der Waals surface area contributed by atoms with E-state index in [2.05, 4.69) is 78.2 Å². The van der Waals surface area contributed by atoms with Gasteiger partial charge >= 0.3 is 0 Å². The Morgan fingerprint density at radius 3 is 1.38 bits per heavy atom. The summed E-state index contributed by atoms with van der Waals surface area (Å²) in [6, 6.07) is 0. The number of rotatable bonds is 0. The van der Waals surface area contributed by atoms with Crippen molar-refractivity contribution in [1.82, 2.24) is 0 Å². The van der Waals surface area contributed by atoms with Crippen LogP contribution in [0.15, 0.2) is 11.1 Å². The van der Waals surface area contributed by atoms with Crippen LogP contribution in [0.25, 0.3) is 0 Å². The van der Waals surface area contributed by atoms with Crippen LogP contribution in [0.4, 0.5) is 0 Å². The van der Waals surface area contributed by atoms with Crippen LogP contribution < -0.4 is 0 Å². The van der Waals surface area contributed by atoms with E-state index in [1.807, 2.05) is 0 Å². The Morgan fingerprint density at radius 1 is 0.810 bits per heavy atom. The van der Waals surface area contributed by atoms with Gasteiger partial charge < -0.3 is 0 Å². The van der Waals surface area contributed by atoms with Gasteiger partial charge in [-0.3, -0.25) is 0 Å². The summed E-state index contributed by atoms with van der Waals surface area (Å²) >= 11 is 23.2. The molecule has 0 heterocycles. The molecule has 0 aromatic heterocycles. The van der Waals surface area contributed by atoms with E-state index in [1.54, 1.807) is 0 Å². The summed E-state index contributed by atoms with van der Waals surface area (Å²) < 4.78 is -1.64. The third-order valence-corrected chi connectivity index (χ3v) is 6.99. The molecule has 0 aromatic carbocycles. The number of hydrogen-bond acceptors (Lipinski definition) is 0. The van der Waals surface area contributed by atoms with Crippen molar-refractivity contribution in [2.24, 2.45) is 22.2 Å². The molecule has 124 valence electrons. The molecule has 2 unspecified atom stereocenters. The van der Waals surface area contributed by atoms with Crippen molar-refractivity contribution in [2.45, 2.75) is 70.4 Å². The molecule has 1 aliphatic carbocycles. The largest absolute Gasteiger partial charge is 0.198 e. The minimum atomic E-state index is -1.33. The topological polar surface area (TPSA) is 0 Å². The molecule has 0 nitrogen and oxygen atoms in total. The molecule has 0 saturated heterocycles. The molecular formula is C17H28BrCl3. The summed E-state index contributed by atoms with van der Waals surface area (Å²) in [6.07, 6.45) is 0. The van der Waals surface area contributed by atoms with Gasteiger partial charge in [-0.25, -0.2) is 0 Å². The lowest BCUT2D eigenvalue weighted by molar-refractivity contribution is 0.160. The van der Waals surface area contributed by atoms with Crippen LogP contribution in [-0.4, -0.2) is 8.12 Å². The number of alkyl halides is 4. The molecule has 0 spiro atoms. The summed E-state index contributed by atoms with van der Waals surface area (Å²) in [5.41, 5.74) is 2.60. The maximum atomic E-state index is 6.41. The van der Waals surface area contributed by atoms with Gasteiger partial charge in [0.05, 0.1) is 4.32 Å². The fraction of sp³-hybridized carbons (Fsp3) is 0.882. The van der Waals surface area contributed by atoms with Crippen molar-refractivity contribution in [3.63, 3.8) is 0 Å². The Balaban J connectivity index is 3.76. The molecule has 1 aliphatic rings. The van der Waals surface area contributed by atoms with Crippen molar-refractivity contribution in [3.8, 4) is 0 Å². The lowest BCUT2D eigenvalue weighted by Crippen LogP contribution is -2.62. The van der Waals surface area contributed by atoms with Crippen LogP contribution in [0.5, 0.6) is 0 Å². The van der Waals surface area contributed by atoms with Gasteiger partial charge in [-0.05, 0) is 21.8 Å². The highest BCUT2D eigenvalue weighted by atomic mass is 79.9. The summed E-state index contributed by atoms with van der Waals surface area (Å²) in [6.45, 7) is 19.9. The maximum Gasteiger partial charge on any atom is 0.198 e. The Labute approximate surface area is 154 Å². The van der Waals surface area contributed by atoms with Crippen LogP contribution >= 0.6 is 50.7 Å². The predicted octanol–water partition coefficient (Wildman–Crippen LogP) is 7.56. The van der Waals surface area contributed by atoms with Crippen molar-refractivity contribution < 1.29 is 0 Å². The minimum Gasteiger partial charge on any atom is -0.0829 e. The fourth-order valence-electron chi connectivity index (χ4n) is 3.56. The van der Waals surface area contributed by atoms with Crippen molar-refractivity contribution in [1.29, 1.82) is 0 Å². The second-order valence-corrected chi connectivity index (χ2v) is 12.8. The molecule has 0 radical (unpaired) electrons. The third-order valence-electron chi connectivity index (χ3n) is 4.30. The van der Waals surface area contributed by atoms with Gasteiger partial charge in [-0.2, -0.15) is 0 Å². The van der Waals surface area contributed by atoms with E-state index in [1.165, 1.54) is 11.1 Å². The molecule has 4 heteroatoms. The second kappa shape index (κ2) is 5.30. The molecule has 0 amide bonds. The molecule has 0 N–H and O–H groups in total. The van der Waals surface area contributed by atoms with Gasteiger partial charge in [0.25, 0.3) is 0 Å². The van der Waals surface area contributed by atoms with Gasteiger partial charge in [0.2, 0.25) is 0 Å². The molecule has 2 atom stereocenters. The first-order chi connectivity index (χ1) is 8.86. The summed E-state index contributed by atoms with van der Waals surface area (Å²) in [5.74, 6) is -0.135. The van der Waals surface area contributed by atoms with Gasteiger partial charge in [0.1, 0.15) is 0 Å². The SMILES string of the molecule is CC(C)(C)C1=C(C(C)(C)C)C(Br)(C(C)(C)C)C1C(Cl)(Cl)Cl. The van der Waals surface area contributed by atoms with Crippen LogP contribution in [0, 0.1) is 22.2 Å². The van der Waals surface area contributed by atoms with E-state index in [-0.39, 0.29) is 26.5 Å². The van der Waals surface area contributed by atoms with Crippen LogP contribution in [0.2, 0.25) is 0 Å². The van der Waals surface area contributed by atoms with E-state index in [9.17, 15) is 0 Å². The monoisotopic (exact) mass is 416 g/mol. The minimum absolute atomic E-state index is 0.0197. The lowest BCUT2D eigenvalue weighted by atomic mass is 9.48. The molecule has 1 rings (SSSR count). The normalized spacial score (nSPS) is 28.7. The fourth-order valence-corrected chi connectivity index (χ4v) is 6.16. The lowest BCUT2D eigenvalue weighted by Gasteiger charge is -2.64. The Kier molecular flexibility index (Phi) is 5.08. The molecule has 0 bridgehead atoms. The van der Waals surface area contributed by atoms with Crippen LogP contribution in [0.3, 0.4) is 0 Å². The summed E-state index contributed by atoms with van der Waals surface area (Å²) in [4.78, 5) is 0. The van der Waals surface area contributed by atoms with Gasteiger partial charge in [-0.15, -0.1) is 0 Å². The first-order valence-electron chi connectivity index (χ1n) is 7.37. The molecule has 0 aromatic rings. The molecule has 0 fully saturated rings. The Morgan fingerprint density at radius 2 is 1.19 bits per heavy atom. The van der Waals surface area contributed by atoms with E-state index in [0.717, 1.165) is 0 Å². The highest BCUT2D eigenvalue weighted by Crippen LogP contribution is 2.71. The van der Waals surface area contributed by atoms with E-state index >= 15 is 0 Å². The van der Waals surface area contributed by atoms with Crippen LogP contribution in [-0.2, 0) is 0 Å². The van der Waals surface area contributed by atoms with Crippen molar-refractivity contribution >= 4 is 50.7 Å². The smallest absolute Gasteiger partial charge is 0.0829 e. The summed E-state index contributed by atoms with van der Waals surface area (Å²) in [7, 11) is 0. The maximum absolute atomic E-state index is 6.41. The molecule has 0 saturated carbocycles. The zero-order chi connectivity index (χ0) is 17.2. The second-order valence-electron chi connectivity index (χ2n) is 9.23. The van der Waals surface area contributed by atoms with Crippen molar-refractivity contribution in [3.05, 3.63) is 11.1 Å². The zero-order valence-electron chi connectivity index (χ0n) is 14.6. The predicted molar refractivity (Wildman–Crippen MR) is 101 cm³/mol. The number of hydrogen-bond donors (Lipinski definition) is 0. The van der Waals surface area contributed by atoms with Crippen molar-refractivity contribution in [2.75, 3.05) is 0 Å². The summed E-state index contributed by atoms with van der Waals surface area (Å²) in [5, 5.41) is 0. The van der Waals surface area contributed by atoms with E-state index < -0.39 is 3.79 Å². The zero-order valence-corrected chi connectivity index (χ0v) is 18.4. The van der Waals surface area contributed by atoms with Gasteiger partial charge in [0, 0.05) is 5.92 Å². The molecule has 0 aliphatic heterocycles. The van der Waals surface area contributed by atoms with Gasteiger partial charge in [-0.1, -0.05) is 119 Å². The van der Waals surface area contributed by atoms with Crippen LogP contribution in [0.1, 0.15) is 62.3 Å². The van der Waals surface area contributed by atoms with Gasteiger partial charge in [0.15, 0.2) is 3.79 Å². The van der Waals surface area contributed by atoms with E-state index in [0.29, 0.717) is 0 Å². The Bertz CT molecular complexity index is 452. The standard InChI is InChI=1S/C17H28BrCl3/c1-13(2,3)10-11(14(4,5)6)16(18,15(7,8)9)12(10)17(19,20)21/h12H,1-9H3. The number of halogens is 4. The highest BCUT2D eigenvalue weighted by molar-refractivity contribution is 9.10. The highest BCUT2D eigenvalue weighted by Gasteiger charge is 2.67. The third kappa shape index (κ3) is 3.32. The quantitative estimate of drug-likeness (QED) is 0.281. The first kappa shape index (κ1) is 20.1. The average molecular weight is 419 g/mol. The molecular weight excluding hydrogens is 390 g/mol. The van der Waals surface area contributed by atoms with E-state index in [4.69, 9.17) is 34.8 Å². The molecule has 21 heavy (non-hydrogen) atoms. The Hall–Kier alpha value is 1.09.